The van der Waals surface area contributed by atoms with Crippen LogP contribution in [0.1, 0.15) is 50.6 Å². The van der Waals surface area contributed by atoms with Crippen LogP contribution in [-0.2, 0) is 6.42 Å². The monoisotopic (exact) mass is 416 g/mol. The summed E-state index contributed by atoms with van der Waals surface area (Å²) in [5, 5.41) is 18.7. The highest BCUT2D eigenvalue weighted by Gasteiger charge is 2.19. The van der Waals surface area contributed by atoms with Crippen molar-refractivity contribution in [2.75, 3.05) is 12.4 Å². The van der Waals surface area contributed by atoms with E-state index < -0.39 is 0 Å². The molecule has 0 amide bonds. The number of hydrogen-bond acceptors (Lipinski definition) is 6. The summed E-state index contributed by atoms with van der Waals surface area (Å²) in [6.45, 7) is 6.36. The fraction of sp³-hybridized carbons (Fsp3) is 0.280. The Kier molecular flexibility index (Phi) is 8.88. The maximum atomic E-state index is 7.88. The first-order valence-electron chi connectivity index (χ1n) is 10.6. The van der Waals surface area contributed by atoms with Gasteiger partial charge in [-0.15, -0.1) is 0 Å². The first-order valence-corrected chi connectivity index (χ1v) is 10.6. The molecule has 1 aliphatic rings. The highest BCUT2D eigenvalue weighted by atomic mass is 15.0. The quantitative estimate of drug-likeness (QED) is 0.474. The lowest BCUT2D eigenvalue weighted by Crippen LogP contribution is -2.10. The largest absolute Gasteiger partial charge is 0.398 e. The lowest BCUT2D eigenvalue weighted by atomic mass is 10.0. The summed E-state index contributed by atoms with van der Waals surface area (Å²) >= 11 is 0. The summed E-state index contributed by atoms with van der Waals surface area (Å²) in [6.07, 6.45) is 11.1. The van der Waals surface area contributed by atoms with E-state index in [0.717, 1.165) is 17.6 Å². The molecule has 0 atom stereocenters. The van der Waals surface area contributed by atoms with Crippen molar-refractivity contribution >= 4 is 23.8 Å². The zero-order chi connectivity index (χ0) is 22.8. The predicted molar refractivity (Wildman–Crippen MR) is 132 cm³/mol. The molecule has 6 nitrogen and oxygen atoms in total. The van der Waals surface area contributed by atoms with E-state index in [4.69, 9.17) is 21.5 Å². The van der Waals surface area contributed by atoms with Crippen molar-refractivity contribution in [3.05, 3.63) is 70.7 Å². The molecule has 31 heavy (non-hydrogen) atoms. The Morgan fingerprint density at radius 3 is 2.29 bits per heavy atom. The number of aromatic nitrogens is 2. The van der Waals surface area contributed by atoms with Crippen LogP contribution in [0.4, 0.5) is 5.82 Å². The fourth-order valence-electron chi connectivity index (χ4n) is 3.14. The van der Waals surface area contributed by atoms with Crippen molar-refractivity contribution in [3.63, 3.8) is 0 Å². The fourth-order valence-corrected chi connectivity index (χ4v) is 3.14. The average Bonchev–Trinajstić information content (AvgIpc) is 2.99. The molecule has 6 heteroatoms. The first-order chi connectivity index (χ1) is 15.0. The summed E-state index contributed by atoms with van der Waals surface area (Å²) in [4.78, 5) is 9.40. The molecule has 0 saturated carbocycles. The molecule has 162 valence electrons. The summed E-state index contributed by atoms with van der Waals surface area (Å²) in [5.74, 6) is 1.05. The molecule has 1 aromatic carbocycles. The molecule has 0 saturated heterocycles. The standard InChI is InChI=1S/C22H24N6.C3H8/c1-3-14-8-10-15(11-9-14)20-18(13-24)21(26-2)28-22(27-20)16-6-4-5-7-19(25)17(16)12-23;1-3-2/h5-13,23-24H,3-4,25H2,1-2H3,(H,26,27,28);3H2,1-2H3. The van der Waals surface area contributed by atoms with Gasteiger partial charge in [-0.1, -0.05) is 63.6 Å². The summed E-state index contributed by atoms with van der Waals surface area (Å²) in [5.41, 5.74) is 11.4. The van der Waals surface area contributed by atoms with Crippen LogP contribution in [0.3, 0.4) is 0 Å². The van der Waals surface area contributed by atoms with Crippen LogP contribution in [0.15, 0.2) is 53.8 Å². The number of anilines is 1. The smallest absolute Gasteiger partial charge is 0.162 e. The lowest BCUT2D eigenvalue weighted by molar-refractivity contribution is 1.09. The van der Waals surface area contributed by atoms with Gasteiger partial charge in [-0.2, -0.15) is 0 Å². The molecule has 1 aromatic heterocycles. The Morgan fingerprint density at radius 1 is 1.06 bits per heavy atom. The van der Waals surface area contributed by atoms with Gasteiger partial charge in [0.1, 0.15) is 5.82 Å². The van der Waals surface area contributed by atoms with E-state index in [-0.39, 0.29) is 0 Å². The normalized spacial score (nSPS) is 13.0. The second-order valence-electron chi connectivity index (χ2n) is 7.08. The maximum Gasteiger partial charge on any atom is 0.162 e. The number of hydrogen-bond donors (Lipinski definition) is 4. The summed E-state index contributed by atoms with van der Waals surface area (Å²) in [6, 6.07) is 8.17. The van der Waals surface area contributed by atoms with E-state index >= 15 is 0 Å². The Bertz CT molecular complexity index is 1010. The Labute approximate surface area is 185 Å². The predicted octanol–water partition coefficient (Wildman–Crippen LogP) is 5.37. The second kappa shape index (κ2) is 11.6. The van der Waals surface area contributed by atoms with Crippen LogP contribution in [-0.4, -0.2) is 29.4 Å². The SMILES string of the molecule is CCC.CCc1ccc(-c2nc(C3=CCC=CC(N)=C3C=N)nc(NC)c2C=N)cc1. The van der Waals surface area contributed by atoms with Crippen molar-refractivity contribution in [2.24, 2.45) is 5.73 Å². The van der Waals surface area contributed by atoms with Gasteiger partial charge in [0.25, 0.3) is 0 Å². The van der Waals surface area contributed by atoms with Gasteiger partial charge in [-0.05, 0) is 24.5 Å². The molecule has 2 aromatic rings. The maximum absolute atomic E-state index is 7.88. The summed E-state index contributed by atoms with van der Waals surface area (Å²) < 4.78 is 0. The third-order valence-corrected chi connectivity index (χ3v) is 4.70. The molecule has 0 fully saturated rings. The molecular formula is C25H32N6. The van der Waals surface area contributed by atoms with Gasteiger partial charge in [0.05, 0.1) is 11.3 Å². The average molecular weight is 417 g/mol. The Balaban J connectivity index is 0.00000107. The number of aryl methyl sites for hydroxylation is 1. The van der Waals surface area contributed by atoms with Crippen molar-refractivity contribution < 1.29 is 0 Å². The number of nitrogens with zero attached hydrogens (tertiary/aromatic N) is 2. The van der Waals surface area contributed by atoms with Crippen LogP contribution < -0.4 is 11.1 Å². The van der Waals surface area contributed by atoms with Crippen LogP contribution in [0.5, 0.6) is 0 Å². The zero-order valence-electron chi connectivity index (χ0n) is 18.8. The van der Waals surface area contributed by atoms with Crippen LogP contribution in [0, 0.1) is 10.8 Å². The Morgan fingerprint density at radius 2 is 1.74 bits per heavy atom. The second-order valence-corrected chi connectivity index (χ2v) is 7.08. The van der Waals surface area contributed by atoms with Crippen molar-refractivity contribution in [1.82, 2.24) is 9.97 Å². The topological polar surface area (TPSA) is 112 Å². The highest BCUT2D eigenvalue weighted by molar-refractivity contribution is 6.01. The van der Waals surface area contributed by atoms with E-state index in [1.54, 1.807) is 13.1 Å². The molecular weight excluding hydrogens is 384 g/mol. The molecule has 1 aliphatic carbocycles. The minimum absolute atomic E-state index is 0.481. The molecule has 0 aliphatic heterocycles. The zero-order valence-corrected chi connectivity index (χ0v) is 18.8. The van der Waals surface area contributed by atoms with Crippen molar-refractivity contribution in [2.45, 2.75) is 40.0 Å². The van der Waals surface area contributed by atoms with Crippen molar-refractivity contribution in [3.8, 4) is 11.3 Å². The molecule has 0 unspecified atom stereocenters. The highest BCUT2D eigenvalue weighted by Crippen LogP contribution is 2.30. The molecule has 0 radical (unpaired) electrons. The van der Waals surface area contributed by atoms with E-state index in [0.29, 0.717) is 40.6 Å². The van der Waals surface area contributed by atoms with Crippen molar-refractivity contribution in [1.29, 1.82) is 10.8 Å². The van der Waals surface area contributed by atoms with Crippen LogP contribution >= 0.6 is 0 Å². The van der Waals surface area contributed by atoms with E-state index in [2.05, 4.69) is 43.2 Å². The van der Waals surface area contributed by atoms with E-state index in [1.807, 2.05) is 24.3 Å². The first kappa shape index (κ1) is 23.7. The van der Waals surface area contributed by atoms with Gasteiger partial charge in [0.15, 0.2) is 5.82 Å². The third-order valence-electron chi connectivity index (χ3n) is 4.70. The van der Waals surface area contributed by atoms with Gasteiger partial charge in [0.2, 0.25) is 0 Å². The van der Waals surface area contributed by atoms with Gasteiger partial charge in [-0.25, -0.2) is 9.97 Å². The van der Waals surface area contributed by atoms with E-state index in [1.165, 1.54) is 24.4 Å². The number of allylic oxidation sites excluding steroid dienone is 5. The van der Waals surface area contributed by atoms with Crippen LogP contribution in [0.2, 0.25) is 0 Å². The van der Waals surface area contributed by atoms with E-state index in [9.17, 15) is 0 Å². The Hall–Kier alpha value is -3.54. The molecule has 0 spiro atoms. The van der Waals surface area contributed by atoms with Crippen LogP contribution in [0.25, 0.3) is 16.8 Å². The summed E-state index contributed by atoms with van der Waals surface area (Å²) in [7, 11) is 1.77. The van der Waals surface area contributed by atoms with Gasteiger partial charge in [-0.3, -0.25) is 0 Å². The molecule has 1 heterocycles. The molecule has 0 bridgehead atoms. The lowest BCUT2D eigenvalue weighted by Gasteiger charge is -2.15. The number of nitrogens with one attached hydrogen (secondary N) is 3. The van der Waals surface area contributed by atoms with Gasteiger partial charge >= 0.3 is 0 Å². The number of nitrogens with two attached hydrogens (primary N) is 1. The van der Waals surface area contributed by atoms with Gasteiger partial charge < -0.3 is 21.9 Å². The third kappa shape index (κ3) is 5.54. The molecule has 3 rings (SSSR count). The number of rotatable bonds is 6. The number of benzene rings is 1. The van der Waals surface area contributed by atoms with Gasteiger partial charge in [0, 0.05) is 41.9 Å². The molecule has 5 N–H and O–H groups in total. The minimum atomic E-state index is 0.481. The minimum Gasteiger partial charge on any atom is -0.398 e.